The Balaban J connectivity index is 0.000000585. The van der Waals surface area contributed by atoms with Crippen LogP contribution in [0.4, 0.5) is 13.2 Å². The Bertz CT molecular complexity index is 582. The van der Waals surface area contributed by atoms with E-state index in [1.165, 1.54) is 20.4 Å². The van der Waals surface area contributed by atoms with Gasteiger partial charge >= 0.3 is 12.1 Å². The predicted molar refractivity (Wildman–Crippen MR) is 77.1 cm³/mol. The van der Waals surface area contributed by atoms with E-state index >= 15 is 0 Å². The third-order valence-corrected chi connectivity index (χ3v) is 2.67. The zero-order valence-corrected chi connectivity index (χ0v) is 13.3. The quantitative estimate of drug-likeness (QED) is 0.615. The number of nitrogens with two attached hydrogens (primary N) is 1. The van der Waals surface area contributed by atoms with Crippen LogP contribution in [-0.2, 0) is 9.63 Å². The molecule has 0 spiro atoms. The number of hydrogen-bond acceptors (Lipinski definition) is 6. The van der Waals surface area contributed by atoms with Gasteiger partial charge in [-0.15, -0.1) is 0 Å². The molecule has 0 unspecified atom stereocenters. The summed E-state index contributed by atoms with van der Waals surface area (Å²) in [7, 11) is 2.88. The van der Waals surface area contributed by atoms with E-state index < -0.39 is 12.1 Å². The SMILES string of the molecule is CO/N=C(\CN)c1ncc(Cl)c(OC)c1Cl.O=C(O)C(F)(F)F. The number of halogens is 5. The lowest BCUT2D eigenvalue weighted by molar-refractivity contribution is -0.192. The normalized spacial score (nSPS) is 11.4. The summed E-state index contributed by atoms with van der Waals surface area (Å²) in [6.45, 7) is 0.144. The van der Waals surface area contributed by atoms with Gasteiger partial charge < -0.3 is 20.4 Å². The number of oxime groups is 1. The zero-order chi connectivity index (χ0) is 18.2. The van der Waals surface area contributed by atoms with E-state index in [9.17, 15) is 13.2 Å². The van der Waals surface area contributed by atoms with E-state index in [4.69, 9.17) is 43.6 Å². The van der Waals surface area contributed by atoms with Crippen molar-refractivity contribution in [3.05, 3.63) is 21.9 Å². The molecule has 1 heterocycles. The number of pyridine rings is 1. The molecule has 1 rings (SSSR count). The third-order valence-electron chi connectivity index (χ3n) is 2.05. The van der Waals surface area contributed by atoms with E-state index in [1.54, 1.807) is 0 Å². The van der Waals surface area contributed by atoms with Gasteiger partial charge in [-0.3, -0.25) is 4.98 Å². The fourth-order valence-electron chi connectivity index (χ4n) is 1.12. The van der Waals surface area contributed by atoms with E-state index in [0.717, 1.165) is 0 Å². The summed E-state index contributed by atoms with van der Waals surface area (Å²) in [6.07, 6.45) is -3.66. The van der Waals surface area contributed by atoms with Gasteiger partial charge in [0.05, 0.1) is 13.3 Å². The highest BCUT2D eigenvalue weighted by Crippen LogP contribution is 2.33. The molecule has 0 aliphatic carbocycles. The second-order valence-corrected chi connectivity index (χ2v) is 4.31. The van der Waals surface area contributed by atoms with E-state index in [-0.39, 0.29) is 11.6 Å². The molecular weight excluding hydrogens is 366 g/mol. The number of aromatic nitrogens is 1. The van der Waals surface area contributed by atoms with Gasteiger partial charge in [0.15, 0.2) is 5.75 Å². The minimum absolute atomic E-state index is 0.144. The predicted octanol–water partition coefficient (Wildman–Crippen LogP) is 2.34. The Labute approximate surface area is 138 Å². The van der Waals surface area contributed by atoms with Crippen molar-refractivity contribution in [3.8, 4) is 5.75 Å². The molecule has 1 aromatic rings. The van der Waals surface area contributed by atoms with Gasteiger partial charge in [-0.1, -0.05) is 28.4 Å². The van der Waals surface area contributed by atoms with Crippen LogP contribution in [0.2, 0.25) is 10.0 Å². The number of ether oxygens (including phenoxy) is 1. The van der Waals surface area contributed by atoms with Crippen LogP contribution in [0.1, 0.15) is 5.69 Å². The standard InChI is InChI=1S/C9H11Cl2N3O2.C2HF3O2/c1-15-9-5(10)4-13-8(7(9)11)6(3-12)14-16-2;3-2(4,5)1(6)7/h4H,3,12H2,1-2H3;(H,6,7)/b14-6+;. The van der Waals surface area contributed by atoms with Crippen LogP contribution in [0, 0.1) is 0 Å². The van der Waals surface area contributed by atoms with Crippen LogP contribution in [0.25, 0.3) is 0 Å². The molecule has 0 aliphatic heterocycles. The van der Waals surface area contributed by atoms with Gasteiger partial charge in [0.25, 0.3) is 0 Å². The van der Waals surface area contributed by atoms with Crippen LogP contribution in [0.15, 0.2) is 11.4 Å². The van der Waals surface area contributed by atoms with Crippen LogP contribution >= 0.6 is 23.2 Å². The highest BCUT2D eigenvalue weighted by molar-refractivity contribution is 6.39. The van der Waals surface area contributed by atoms with Gasteiger partial charge in [0.1, 0.15) is 28.6 Å². The number of alkyl halides is 3. The Kier molecular flexibility index (Phi) is 8.65. The smallest absolute Gasteiger partial charge is 0.490 e. The van der Waals surface area contributed by atoms with Gasteiger partial charge in [-0.05, 0) is 0 Å². The molecule has 0 atom stereocenters. The molecule has 0 saturated carbocycles. The van der Waals surface area contributed by atoms with Gasteiger partial charge in [0, 0.05) is 6.54 Å². The first-order valence-electron chi connectivity index (χ1n) is 5.58. The van der Waals surface area contributed by atoms with Gasteiger partial charge in [-0.25, -0.2) is 4.79 Å². The number of methoxy groups -OCH3 is 1. The van der Waals surface area contributed by atoms with Crippen molar-refractivity contribution in [2.24, 2.45) is 10.9 Å². The molecule has 130 valence electrons. The maximum Gasteiger partial charge on any atom is 0.490 e. The van der Waals surface area contributed by atoms with E-state index in [2.05, 4.69) is 15.0 Å². The maximum atomic E-state index is 10.6. The van der Waals surface area contributed by atoms with Crippen molar-refractivity contribution in [1.82, 2.24) is 4.98 Å². The molecule has 23 heavy (non-hydrogen) atoms. The summed E-state index contributed by atoms with van der Waals surface area (Å²) in [5.74, 6) is -2.42. The Hall–Kier alpha value is -1.78. The van der Waals surface area contributed by atoms with Crippen LogP contribution in [0.5, 0.6) is 5.75 Å². The molecule has 0 aromatic carbocycles. The molecule has 0 fully saturated rings. The highest BCUT2D eigenvalue weighted by Gasteiger charge is 2.38. The summed E-state index contributed by atoms with van der Waals surface area (Å²) in [5.41, 5.74) is 6.32. The van der Waals surface area contributed by atoms with Gasteiger partial charge in [-0.2, -0.15) is 13.2 Å². The number of nitrogens with zero attached hydrogens (tertiary/aromatic N) is 2. The summed E-state index contributed by atoms with van der Waals surface area (Å²) >= 11 is 11.9. The van der Waals surface area contributed by atoms with Crippen molar-refractivity contribution < 1.29 is 32.6 Å². The maximum absolute atomic E-state index is 10.6. The average Bonchev–Trinajstić information content (AvgIpc) is 2.45. The number of hydrogen-bond donors (Lipinski definition) is 2. The lowest BCUT2D eigenvalue weighted by Crippen LogP contribution is -2.21. The molecule has 3 N–H and O–H groups in total. The number of carboxylic acids is 1. The van der Waals surface area contributed by atoms with Crippen molar-refractivity contribution in [3.63, 3.8) is 0 Å². The van der Waals surface area contributed by atoms with Crippen LogP contribution in [-0.4, -0.2) is 48.7 Å². The fraction of sp³-hybridized carbons (Fsp3) is 0.364. The summed E-state index contributed by atoms with van der Waals surface area (Å²) in [4.78, 5) is 17.6. The van der Waals surface area contributed by atoms with Crippen LogP contribution in [0.3, 0.4) is 0 Å². The molecule has 0 aliphatic rings. The number of carbonyl (C=O) groups is 1. The lowest BCUT2D eigenvalue weighted by atomic mass is 10.2. The second kappa shape index (κ2) is 9.38. The molecular formula is C11H12Cl2F3N3O4. The molecule has 0 bridgehead atoms. The van der Waals surface area contributed by atoms with E-state index in [1.807, 2.05) is 0 Å². The van der Waals surface area contributed by atoms with Crippen molar-refractivity contribution >= 4 is 34.9 Å². The molecule has 0 radical (unpaired) electrons. The Morgan fingerprint density at radius 2 is 1.96 bits per heavy atom. The molecule has 7 nitrogen and oxygen atoms in total. The summed E-state index contributed by atoms with van der Waals surface area (Å²) in [5, 5.41) is 11.4. The Morgan fingerprint density at radius 1 is 1.43 bits per heavy atom. The minimum Gasteiger partial charge on any atom is -0.493 e. The van der Waals surface area contributed by atoms with Crippen LogP contribution < -0.4 is 10.5 Å². The van der Waals surface area contributed by atoms with E-state index in [0.29, 0.717) is 22.2 Å². The summed E-state index contributed by atoms with van der Waals surface area (Å²) < 4.78 is 36.8. The highest BCUT2D eigenvalue weighted by atomic mass is 35.5. The first kappa shape index (κ1) is 21.2. The number of carboxylic acid groups (broad SMARTS) is 1. The molecule has 0 saturated heterocycles. The molecule has 1 aromatic heterocycles. The lowest BCUT2D eigenvalue weighted by Gasteiger charge is -2.09. The monoisotopic (exact) mass is 377 g/mol. The number of rotatable bonds is 4. The fourth-order valence-corrected chi connectivity index (χ4v) is 1.73. The first-order valence-corrected chi connectivity index (χ1v) is 6.34. The molecule has 0 amide bonds. The van der Waals surface area contributed by atoms with Crippen molar-refractivity contribution in [2.45, 2.75) is 6.18 Å². The molecule has 12 heteroatoms. The number of aliphatic carboxylic acids is 1. The Morgan fingerprint density at radius 3 is 2.30 bits per heavy atom. The zero-order valence-electron chi connectivity index (χ0n) is 11.8. The average molecular weight is 378 g/mol. The van der Waals surface area contributed by atoms with Crippen molar-refractivity contribution in [2.75, 3.05) is 20.8 Å². The topological polar surface area (TPSA) is 107 Å². The first-order chi connectivity index (χ1) is 10.6. The van der Waals surface area contributed by atoms with Gasteiger partial charge in [0.2, 0.25) is 0 Å². The minimum atomic E-state index is -5.08. The largest absolute Gasteiger partial charge is 0.493 e. The second-order valence-electron chi connectivity index (χ2n) is 3.53. The third kappa shape index (κ3) is 6.47. The summed E-state index contributed by atoms with van der Waals surface area (Å²) in [6, 6.07) is 0. The van der Waals surface area contributed by atoms with Crippen molar-refractivity contribution in [1.29, 1.82) is 0 Å².